The van der Waals surface area contributed by atoms with Crippen LogP contribution in [0.2, 0.25) is 0 Å². The molecule has 6 nitrogen and oxygen atoms in total. The summed E-state index contributed by atoms with van der Waals surface area (Å²) in [4.78, 5) is 18.8. The van der Waals surface area contributed by atoms with Crippen molar-refractivity contribution < 1.29 is 9.53 Å². The van der Waals surface area contributed by atoms with E-state index in [0.29, 0.717) is 44.1 Å². The second-order valence-corrected chi connectivity index (χ2v) is 6.83. The van der Waals surface area contributed by atoms with Gasteiger partial charge in [0.15, 0.2) is 0 Å². The summed E-state index contributed by atoms with van der Waals surface area (Å²) in [5, 5.41) is 3.39. The summed E-state index contributed by atoms with van der Waals surface area (Å²) in [7, 11) is 0. The SMILES string of the molecule is CCCCNc1cc(N)nc(Cc2ccc(C(=O)N3CCOCC3)cc2)c1. The summed E-state index contributed by atoms with van der Waals surface area (Å²) < 4.78 is 5.31. The standard InChI is InChI=1S/C21H28N4O2/c1-2-3-8-23-18-14-19(24-20(22)15-18)13-16-4-6-17(7-5-16)21(26)25-9-11-27-12-10-25/h4-7,14-15H,2-3,8-13H2,1H3,(H3,22,23,24). The van der Waals surface area contributed by atoms with Crippen LogP contribution in [0, 0.1) is 0 Å². The van der Waals surface area contributed by atoms with Crippen LogP contribution in [0.3, 0.4) is 0 Å². The van der Waals surface area contributed by atoms with E-state index in [4.69, 9.17) is 10.5 Å². The van der Waals surface area contributed by atoms with Gasteiger partial charge in [0.05, 0.1) is 13.2 Å². The number of morpholine rings is 1. The predicted octanol–water partition coefficient (Wildman–Crippen LogP) is 2.94. The molecule has 0 aliphatic carbocycles. The molecule has 1 amide bonds. The van der Waals surface area contributed by atoms with Crippen LogP contribution < -0.4 is 11.1 Å². The van der Waals surface area contributed by atoms with E-state index < -0.39 is 0 Å². The Kier molecular flexibility index (Phi) is 6.65. The van der Waals surface area contributed by atoms with Crippen LogP contribution in [-0.2, 0) is 11.2 Å². The number of aromatic nitrogens is 1. The fraction of sp³-hybridized carbons (Fsp3) is 0.429. The first kappa shape index (κ1) is 19.2. The molecule has 3 rings (SSSR count). The topological polar surface area (TPSA) is 80.5 Å². The Hall–Kier alpha value is -2.60. The molecule has 0 saturated carbocycles. The van der Waals surface area contributed by atoms with Gasteiger partial charge in [0.25, 0.3) is 5.91 Å². The zero-order valence-corrected chi connectivity index (χ0v) is 15.9. The first-order chi connectivity index (χ1) is 13.2. The molecule has 1 aromatic heterocycles. The van der Waals surface area contributed by atoms with Crippen molar-refractivity contribution in [2.45, 2.75) is 26.2 Å². The molecule has 1 saturated heterocycles. The van der Waals surface area contributed by atoms with Crippen molar-refractivity contribution in [3.63, 3.8) is 0 Å². The molecule has 1 aliphatic heterocycles. The van der Waals surface area contributed by atoms with E-state index >= 15 is 0 Å². The van der Waals surface area contributed by atoms with E-state index in [1.807, 2.05) is 41.3 Å². The molecule has 0 unspecified atom stereocenters. The van der Waals surface area contributed by atoms with Crippen LogP contribution >= 0.6 is 0 Å². The molecule has 6 heteroatoms. The number of pyridine rings is 1. The molecule has 2 aromatic rings. The number of nitrogen functional groups attached to an aromatic ring is 1. The van der Waals surface area contributed by atoms with Gasteiger partial charge in [0, 0.05) is 49.1 Å². The number of unbranched alkanes of at least 4 members (excludes halogenated alkanes) is 1. The third-order valence-electron chi connectivity index (χ3n) is 4.64. The van der Waals surface area contributed by atoms with Crippen LogP contribution in [0.4, 0.5) is 11.5 Å². The Morgan fingerprint density at radius 3 is 2.67 bits per heavy atom. The number of amides is 1. The van der Waals surface area contributed by atoms with Gasteiger partial charge in [0.2, 0.25) is 0 Å². The number of carbonyl (C=O) groups is 1. The molecule has 3 N–H and O–H groups in total. The second kappa shape index (κ2) is 9.37. The number of nitrogens with two attached hydrogens (primary N) is 1. The lowest BCUT2D eigenvalue weighted by atomic mass is 10.1. The summed E-state index contributed by atoms with van der Waals surface area (Å²) in [6.07, 6.45) is 2.95. The summed E-state index contributed by atoms with van der Waals surface area (Å²) >= 11 is 0. The van der Waals surface area contributed by atoms with Crippen molar-refractivity contribution in [3.05, 3.63) is 53.2 Å². The Morgan fingerprint density at radius 1 is 1.22 bits per heavy atom. The van der Waals surface area contributed by atoms with E-state index in [2.05, 4.69) is 17.2 Å². The molecule has 144 valence electrons. The zero-order valence-electron chi connectivity index (χ0n) is 15.9. The average Bonchev–Trinajstić information content (AvgIpc) is 2.68. The minimum Gasteiger partial charge on any atom is -0.385 e. The van der Waals surface area contributed by atoms with Crippen molar-refractivity contribution in [3.8, 4) is 0 Å². The molecule has 0 radical (unpaired) electrons. The summed E-state index contributed by atoms with van der Waals surface area (Å²) in [6, 6.07) is 11.7. The number of ether oxygens (including phenoxy) is 1. The van der Waals surface area contributed by atoms with Gasteiger partial charge in [-0.25, -0.2) is 4.98 Å². The number of nitrogens with zero attached hydrogens (tertiary/aromatic N) is 2. The number of carbonyl (C=O) groups excluding carboxylic acids is 1. The number of hydrogen-bond acceptors (Lipinski definition) is 5. The summed E-state index contributed by atoms with van der Waals surface area (Å²) in [6.45, 7) is 5.63. The molecule has 0 spiro atoms. The van der Waals surface area contributed by atoms with Gasteiger partial charge in [-0.3, -0.25) is 4.79 Å². The fourth-order valence-electron chi connectivity index (χ4n) is 3.14. The van der Waals surface area contributed by atoms with E-state index in [0.717, 1.165) is 36.3 Å². The zero-order chi connectivity index (χ0) is 19.1. The first-order valence-electron chi connectivity index (χ1n) is 9.62. The number of rotatable bonds is 7. The Bertz CT molecular complexity index is 755. The van der Waals surface area contributed by atoms with Crippen molar-refractivity contribution in [2.75, 3.05) is 43.9 Å². The molecule has 0 atom stereocenters. The minimum atomic E-state index is 0.0642. The van der Waals surface area contributed by atoms with Crippen molar-refractivity contribution >= 4 is 17.4 Å². The van der Waals surface area contributed by atoms with Crippen LogP contribution in [0.5, 0.6) is 0 Å². The molecular formula is C21H28N4O2. The van der Waals surface area contributed by atoms with Gasteiger partial charge in [-0.2, -0.15) is 0 Å². The van der Waals surface area contributed by atoms with Gasteiger partial charge in [-0.15, -0.1) is 0 Å². The smallest absolute Gasteiger partial charge is 0.254 e. The van der Waals surface area contributed by atoms with Crippen molar-refractivity contribution in [1.82, 2.24) is 9.88 Å². The van der Waals surface area contributed by atoms with Gasteiger partial charge in [-0.05, 0) is 30.2 Å². The third kappa shape index (κ3) is 5.44. The summed E-state index contributed by atoms with van der Waals surface area (Å²) in [5.41, 5.74) is 9.69. The Balaban J connectivity index is 1.64. The first-order valence-corrected chi connectivity index (χ1v) is 9.62. The number of benzene rings is 1. The third-order valence-corrected chi connectivity index (χ3v) is 4.64. The maximum absolute atomic E-state index is 12.5. The molecule has 1 aliphatic rings. The molecule has 27 heavy (non-hydrogen) atoms. The van der Waals surface area contributed by atoms with Gasteiger partial charge >= 0.3 is 0 Å². The molecule has 0 bridgehead atoms. The van der Waals surface area contributed by atoms with Gasteiger partial charge < -0.3 is 20.7 Å². The van der Waals surface area contributed by atoms with Crippen LogP contribution in [-0.4, -0.2) is 48.6 Å². The average molecular weight is 368 g/mol. The van der Waals surface area contributed by atoms with Gasteiger partial charge in [0.1, 0.15) is 5.82 Å². The highest BCUT2D eigenvalue weighted by Crippen LogP contribution is 2.17. The summed E-state index contributed by atoms with van der Waals surface area (Å²) in [5.74, 6) is 0.583. The lowest BCUT2D eigenvalue weighted by molar-refractivity contribution is 0.0303. The van der Waals surface area contributed by atoms with Crippen LogP contribution in [0.1, 0.15) is 41.4 Å². The quantitative estimate of drug-likeness (QED) is 0.735. The highest BCUT2D eigenvalue weighted by atomic mass is 16.5. The van der Waals surface area contributed by atoms with Crippen LogP contribution in [0.15, 0.2) is 36.4 Å². The Morgan fingerprint density at radius 2 is 1.96 bits per heavy atom. The highest BCUT2D eigenvalue weighted by Gasteiger charge is 2.18. The molecule has 2 heterocycles. The van der Waals surface area contributed by atoms with E-state index in [9.17, 15) is 4.79 Å². The monoisotopic (exact) mass is 368 g/mol. The number of hydrogen-bond donors (Lipinski definition) is 2. The lowest BCUT2D eigenvalue weighted by Crippen LogP contribution is -2.40. The normalized spacial score (nSPS) is 14.2. The molecule has 1 aromatic carbocycles. The number of anilines is 2. The van der Waals surface area contributed by atoms with Crippen molar-refractivity contribution in [2.24, 2.45) is 0 Å². The van der Waals surface area contributed by atoms with E-state index in [-0.39, 0.29) is 5.91 Å². The molecular weight excluding hydrogens is 340 g/mol. The fourth-order valence-corrected chi connectivity index (χ4v) is 3.14. The highest BCUT2D eigenvalue weighted by molar-refractivity contribution is 5.94. The Labute approximate surface area is 160 Å². The second-order valence-electron chi connectivity index (χ2n) is 6.83. The van der Waals surface area contributed by atoms with Gasteiger partial charge in [-0.1, -0.05) is 25.5 Å². The molecule has 1 fully saturated rings. The van der Waals surface area contributed by atoms with E-state index in [1.54, 1.807) is 0 Å². The number of nitrogens with one attached hydrogen (secondary N) is 1. The maximum atomic E-state index is 12.5. The predicted molar refractivity (Wildman–Crippen MR) is 108 cm³/mol. The lowest BCUT2D eigenvalue weighted by Gasteiger charge is -2.26. The van der Waals surface area contributed by atoms with Crippen LogP contribution in [0.25, 0.3) is 0 Å². The minimum absolute atomic E-state index is 0.0642. The maximum Gasteiger partial charge on any atom is 0.254 e. The van der Waals surface area contributed by atoms with E-state index in [1.165, 1.54) is 0 Å². The van der Waals surface area contributed by atoms with Crippen molar-refractivity contribution in [1.29, 1.82) is 0 Å². The largest absolute Gasteiger partial charge is 0.385 e.